The van der Waals surface area contributed by atoms with Crippen LogP contribution in [0.25, 0.3) is 0 Å². The molecule has 0 bridgehead atoms. The molecule has 0 aromatic heterocycles. The molecular formula is C34H70. The average molecular weight is 479 g/mol. The molecule has 2 atom stereocenters. The van der Waals surface area contributed by atoms with Gasteiger partial charge >= 0.3 is 0 Å². The lowest BCUT2D eigenvalue weighted by Crippen LogP contribution is -1.95. The van der Waals surface area contributed by atoms with E-state index in [1.807, 2.05) is 0 Å². The van der Waals surface area contributed by atoms with Gasteiger partial charge in [-0.05, 0) is 11.8 Å². The molecule has 0 spiro atoms. The van der Waals surface area contributed by atoms with E-state index in [4.69, 9.17) is 0 Å². The van der Waals surface area contributed by atoms with Crippen molar-refractivity contribution in [3.05, 3.63) is 0 Å². The van der Waals surface area contributed by atoms with Crippen LogP contribution in [0.5, 0.6) is 0 Å². The van der Waals surface area contributed by atoms with E-state index in [9.17, 15) is 0 Å². The van der Waals surface area contributed by atoms with Gasteiger partial charge in [-0.15, -0.1) is 0 Å². The van der Waals surface area contributed by atoms with Gasteiger partial charge in [0.25, 0.3) is 0 Å². The van der Waals surface area contributed by atoms with Gasteiger partial charge in [-0.3, -0.25) is 0 Å². The lowest BCUT2D eigenvalue weighted by Gasteiger charge is -2.11. The Kier molecular flexibility index (Phi) is 29.2. The summed E-state index contributed by atoms with van der Waals surface area (Å²) in [5, 5.41) is 0. The van der Waals surface area contributed by atoms with E-state index < -0.39 is 0 Å². The molecule has 0 fully saturated rings. The fourth-order valence-electron chi connectivity index (χ4n) is 5.57. The minimum absolute atomic E-state index is 0.965. The highest BCUT2D eigenvalue weighted by Gasteiger charge is 2.03. The van der Waals surface area contributed by atoms with Crippen molar-refractivity contribution in [2.75, 3.05) is 0 Å². The second-order valence-corrected chi connectivity index (χ2v) is 12.1. The smallest absolute Gasteiger partial charge is 0.0443 e. The number of unbranched alkanes of at least 4 members (excludes halogenated alkanes) is 21. The Morgan fingerprint density at radius 1 is 0.265 bits per heavy atom. The fraction of sp³-hybridized carbons (Fsp3) is 1.00. The van der Waals surface area contributed by atoms with E-state index in [2.05, 4.69) is 27.7 Å². The van der Waals surface area contributed by atoms with Crippen molar-refractivity contribution < 1.29 is 0 Å². The van der Waals surface area contributed by atoms with Crippen molar-refractivity contribution in [1.82, 2.24) is 0 Å². The highest BCUT2D eigenvalue weighted by atomic mass is 14.1. The largest absolute Gasteiger partial charge is 0.0654 e. The summed E-state index contributed by atoms with van der Waals surface area (Å²) in [6, 6.07) is 0. The van der Waals surface area contributed by atoms with Crippen molar-refractivity contribution in [3.63, 3.8) is 0 Å². The van der Waals surface area contributed by atoms with Crippen molar-refractivity contribution in [1.29, 1.82) is 0 Å². The molecule has 0 amide bonds. The maximum atomic E-state index is 2.50. The quantitative estimate of drug-likeness (QED) is 0.0937. The Morgan fingerprint density at radius 2 is 0.471 bits per heavy atom. The van der Waals surface area contributed by atoms with Crippen molar-refractivity contribution >= 4 is 0 Å². The molecule has 206 valence electrons. The van der Waals surface area contributed by atoms with Gasteiger partial charge in [0.05, 0.1) is 0 Å². The highest BCUT2D eigenvalue weighted by molar-refractivity contribution is 4.57. The van der Waals surface area contributed by atoms with E-state index in [0.29, 0.717) is 0 Å². The Labute approximate surface area is 219 Å². The van der Waals surface area contributed by atoms with E-state index >= 15 is 0 Å². The summed E-state index contributed by atoms with van der Waals surface area (Å²) in [5.41, 5.74) is 0. The molecule has 34 heavy (non-hydrogen) atoms. The lowest BCUT2D eigenvalue weighted by molar-refractivity contribution is 0.429. The first-order chi connectivity index (χ1) is 16.7. The van der Waals surface area contributed by atoms with Gasteiger partial charge in [-0.1, -0.05) is 207 Å². The van der Waals surface area contributed by atoms with Gasteiger partial charge in [0.1, 0.15) is 0 Å². The van der Waals surface area contributed by atoms with Crippen molar-refractivity contribution in [3.8, 4) is 0 Å². The summed E-state index contributed by atoms with van der Waals surface area (Å²) in [4.78, 5) is 0. The Balaban J connectivity index is 3.17. The zero-order valence-corrected chi connectivity index (χ0v) is 25.0. The number of hydrogen-bond donors (Lipinski definition) is 0. The Bertz CT molecular complexity index is 346. The molecule has 0 rings (SSSR count). The van der Waals surface area contributed by atoms with E-state index in [1.54, 1.807) is 0 Å². The van der Waals surface area contributed by atoms with Crippen LogP contribution in [-0.4, -0.2) is 0 Å². The predicted molar refractivity (Wildman–Crippen MR) is 159 cm³/mol. The minimum atomic E-state index is 0.965. The minimum Gasteiger partial charge on any atom is -0.0654 e. The van der Waals surface area contributed by atoms with Gasteiger partial charge in [-0.25, -0.2) is 0 Å². The van der Waals surface area contributed by atoms with Crippen LogP contribution in [0.4, 0.5) is 0 Å². The molecule has 0 aliphatic rings. The summed E-state index contributed by atoms with van der Waals surface area (Å²) in [7, 11) is 0. The summed E-state index contributed by atoms with van der Waals surface area (Å²) in [6.07, 6.45) is 41.2. The zero-order valence-electron chi connectivity index (χ0n) is 25.0. The Hall–Kier alpha value is 0. The van der Waals surface area contributed by atoms with Gasteiger partial charge in [-0.2, -0.15) is 0 Å². The summed E-state index contributed by atoms with van der Waals surface area (Å²) < 4.78 is 0. The second-order valence-electron chi connectivity index (χ2n) is 12.1. The molecule has 0 aliphatic carbocycles. The maximum Gasteiger partial charge on any atom is -0.0443 e. The zero-order chi connectivity index (χ0) is 25.0. The van der Waals surface area contributed by atoms with Crippen LogP contribution in [0, 0.1) is 11.8 Å². The molecule has 0 saturated heterocycles. The first-order valence-corrected chi connectivity index (χ1v) is 16.7. The number of hydrogen-bond acceptors (Lipinski definition) is 0. The molecule has 0 N–H and O–H groups in total. The molecule has 0 radical (unpaired) electrons. The van der Waals surface area contributed by atoms with Crippen LogP contribution in [0.15, 0.2) is 0 Å². The van der Waals surface area contributed by atoms with Crippen LogP contribution in [0.2, 0.25) is 0 Å². The molecule has 0 nitrogen and oxygen atoms in total. The third kappa shape index (κ3) is 28.2. The molecular weight excluding hydrogens is 408 g/mol. The highest BCUT2D eigenvalue weighted by Crippen LogP contribution is 2.20. The monoisotopic (exact) mass is 479 g/mol. The van der Waals surface area contributed by atoms with E-state index in [1.165, 1.54) is 180 Å². The molecule has 2 unspecified atom stereocenters. The van der Waals surface area contributed by atoms with Crippen LogP contribution in [0.1, 0.15) is 207 Å². The topological polar surface area (TPSA) is 0 Å². The third-order valence-corrected chi connectivity index (χ3v) is 8.24. The van der Waals surface area contributed by atoms with Crippen LogP contribution < -0.4 is 0 Å². The first kappa shape index (κ1) is 34.0. The molecule has 0 aromatic carbocycles. The molecule has 0 heteroatoms. The molecule has 0 aromatic rings. The fourth-order valence-corrected chi connectivity index (χ4v) is 5.57. The second kappa shape index (κ2) is 29.2. The molecule has 0 aliphatic heterocycles. The van der Waals surface area contributed by atoms with Crippen molar-refractivity contribution in [2.45, 2.75) is 207 Å². The van der Waals surface area contributed by atoms with Crippen LogP contribution >= 0.6 is 0 Å². The van der Waals surface area contributed by atoms with Gasteiger partial charge in [0.15, 0.2) is 0 Å². The van der Waals surface area contributed by atoms with E-state index in [0.717, 1.165) is 11.8 Å². The summed E-state index contributed by atoms with van der Waals surface area (Å²) >= 11 is 0. The maximum absolute atomic E-state index is 2.50. The van der Waals surface area contributed by atoms with Crippen LogP contribution in [0.3, 0.4) is 0 Å². The summed E-state index contributed by atoms with van der Waals surface area (Å²) in [6.45, 7) is 9.58. The van der Waals surface area contributed by atoms with Crippen molar-refractivity contribution in [2.24, 2.45) is 11.8 Å². The van der Waals surface area contributed by atoms with Gasteiger partial charge < -0.3 is 0 Å². The molecule has 0 saturated carbocycles. The normalized spacial score (nSPS) is 13.4. The first-order valence-electron chi connectivity index (χ1n) is 16.7. The standard InChI is InChI=1S/C34H70/c1-5-7-9-10-11-12-17-20-24-27-31-34(4)32-28-25-22-19-16-14-13-15-18-21-23-26-30-33(3)29-8-6-2/h33-34H,5-32H2,1-4H3. The Morgan fingerprint density at radius 3 is 0.735 bits per heavy atom. The average Bonchev–Trinajstić information content (AvgIpc) is 2.84. The van der Waals surface area contributed by atoms with Gasteiger partial charge in [0.2, 0.25) is 0 Å². The lowest BCUT2D eigenvalue weighted by atomic mass is 9.95. The van der Waals surface area contributed by atoms with E-state index in [-0.39, 0.29) is 0 Å². The SMILES string of the molecule is CCCCCCCCCCCCC(C)CCCCCCCCCCCCCCC(C)CCCC. The van der Waals surface area contributed by atoms with Crippen LogP contribution in [-0.2, 0) is 0 Å². The summed E-state index contributed by atoms with van der Waals surface area (Å²) in [5.74, 6) is 1.93. The molecule has 0 heterocycles. The van der Waals surface area contributed by atoms with Gasteiger partial charge in [0, 0.05) is 0 Å². The predicted octanol–water partition coefficient (Wildman–Crippen LogP) is 13.2. The third-order valence-electron chi connectivity index (χ3n) is 8.24. The number of rotatable bonds is 29.